The summed E-state index contributed by atoms with van der Waals surface area (Å²) in [6.45, 7) is 8.63. The number of carbonyl (C=O) groups is 1. The predicted molar refractivity (Wildman–Crippen MR) is 140 cm³/mol. The topological polar surface area (TPSA) is 84.9 Å². The van der Waals surface area contributed by atoms with Gasteiger partial charge in [-0.25, -0.2) is 8.42 Å². The number of rotatable bonds is 7. The number of amides is 1. The van der Waals surface area contributed by atoms with E-state index in [1.165, 1.54) is 4.31 Å². The number of sulfonamides is 1. The van der Waals surface area contributed by atoms with Crippen LogP contribution in [0.2, 0.25) is 0 Å². The Morgan fingerprint density at radius 1 is 1.06 bits per heavy atom. The van der Waals surface area contributed by atoms with Crippen LogP contribution in [0.25, 0.3) is 0 Å². The van der Waals surface area contributed by atoms with Crippen LogP contribution in [0.15, 0.2) is 77.7 Å². The quantitative estimate of drug-likeness (QED) is 0.477. The van der Waals surface area contributed by atoms with E-state index < -0.39 is 22.0 Å². The van der Waals surface area contributed by atoms with Crippen molar-refractivity contribution in [3.05, 3.63) is 83.9 Å². The zero-order valence-corrected chi connectivity index (χ0v) is 21.8. The molecule has 3 aromatic rings. The van der Waals surface area contributed by atoms with Gasteiger partial charge < -0.3 is 14.8 Å². The molecule has 1 amide bonds. The number of fused-ring (bicyclic) bond motifs is 1. The van der Waals surface area contributed by atoms with E-state index in [1.807, 2.05) is 37.3 Å². The average Bonchev–Trinajstić information content (AvgIpc) is 2.85. The number of aryl methyl sites for hydroxylation is 1. The molecule has 1 atom stereocenters. The summed E-state index contributed by atoms with van der Waals surface area (Å²) in [5.74, 6) is 0.733. The standard InChI is InChI=1S/C28H32N2O5S/c1-20-14-15-23-25(18-20)35-26(19-30(23)36(32,33)21-10-6-5-7-11-21)27(31)29-16-17-34-24-13-9-8-12-22(24)28(2,3)4/h5-15,18,26H,16-17,19H2,1-4H3,(H,29,31)/t26-/m1/s1. The number of hydrogen-bond donors (Lipinski definition) is 1. The second kappa shape index (κ2) is 10.2. The second-order valence-corrected chi connectivity index (χ2v) is 11.7. The van der Waals surface area contributed by atoms with Gasteiger partial charge in [-0.3, -0.25) is 9.10 Å². The van der Waals surface area contributed by atoms with E-state index in [9.17, 15) is 13.2 Å². The Hall–Kier alpha value is -3.52. The first-order chi connectivity index (χ1) is 17.1. The zero-order chi connectivity index (χ0) is 25.9. The van der Waals surface area contributed by atoms with E-state index in [0.29, 0.717) is 11.4 Å². The third kappa shape index (κ3) is 5.49. The van der Waals surface area contributed by atoms with Gasteiger partial charge in [-0.2, -0.15) is 0 Å². The third-order valence-electron chi connectivity index (χ3n) is 5.96. The maximum atomic E-state index is 13.5. The SMILES string of the molecule is Cc1ccc2c(c1)O[C@@H](C(=O)NCCOc1ccccc1C(C)(C)C)CN2S(=O)(=O)c1ccccc1. The molecule has 1 heterocycles. The molecule has 0 unspecified atom stereocenters. The number of nitrogens with zero attached hydrogens (tertiary/aromatic N) is 1. The van der Waals surface area contributed by atoms with E-state index in [2.05, 4.69) is 26.1 Å². The first-order valence-corrected chi connectivity index (χ1v) is 13.4. The van der Waals surface area contributed by atoms with Gasteiger partial charge in [0.05, 0.1) is 23.7 Å². The highest BCUT2D eigenvalue weighted by Gasteiger charge is 2.37. The largest absolute Gasteiger partial charge is 0.491 e. The molecule has 0 aromatic heterocycles. The van der Waals surface area contributed by atoms with E-state index in [4.69, 9.17) is 9.47 Å². The van der Waals surface area contributed by atoms with Crippen molar-refractivity contribution in [1.82, 2.24) is 5.32 Å². The zero-order valence-electron chi connectivity index (χ0n) is 21.0. The summed E-state index contributed by atoms with van der Waals surface area (Å²) in [7, 11) is -3.89. The van der Waals surface area contributed by atoms with Gasteiger partial charge >= 0.3 is 0 Å². The Morgan fingerprint density at radius 3 is 2.47 bits per heavy atom. The van der Waals surface area contributed by atoms with Crippen molar-refractivity contribution >= 4 is 21.6 Å². The molecule has 3 aromatic carbocycles. The van der Waals surface area contributed by atoms with Gasteiger partial charge in [0.2, 0.25) is 0 Å². The molecule has 36 heavy (non-hydrogen) atoms. The molecular formula is C28H32N2O5S. The van der Waals surface area contributed by atoms with Gasteiger partial charge in [-0.15, -0.1) is 0 Å². The Morgan fingerprint density at radius 2 is 1.75 bits per heavy atom. The van der Waals surface area contributed by atoms with Gasteiger partial charge in [-0.05, 0) is 53.8 Å². The predicted octanol–water partition coefficient (Wildman–Crippen LogP) is 4.44. The van der Waals surface area contributed by atoms with Crippen molar-refractivity contribution in [2.24, 2.45) is 0 Å². The first kappa shape index (κ1) is 25.6. The molecular weight excluding hydrogens is 476 g/mol. The molecule has 0 saturated carbocycles. The molecule has 4 rings (SSSR count). The van der Waals surface area contributed by atoms with Crippen molar-refractivity contribution < 1.29 is 22.7 Å². The first-order valence-electron chi connectivity index (χ1n) is 11.9. The van der Waals surface area contributed by atoms with Crippen LogP contribution in [0.3, 0.4) is 0 Å². The lowest BCUT2D eigenvalue weighted by molar-refractivity contribution is -0.127. The maximum absolute atomic E-state index is 13.5. The Labute approximate surface area is 213 Å². The minimum absolute atomic E-state index is 0.0744. The van der Waals surface area contributed by atoms with Crippen molar-refractivity contribution in [1.29, 1.82) is 0 Å². The van der Waals surface area contributed by atoms with Crippen molar-refractivity contribution in [3.8, 4) is 11.5 Å². The smallest absolute Gasteiger partial charge is 0.264 e. The van der Waals surface area contributed by atoms with Gasteiger partial charge in [-0.1, -0.05) is 63.2 Å². The maximum Gasteiger partial charge on any atom is 0.264 e. The fourth-order valence-corrected chi connectivity index (χ4v) is 5.60. The number of anilines is 1. The summed E-state index contributed by atoms with van der Waals surface area (Å²) in [6, 6.07) is 21.3. The number of ether oxygens (including phenoxy) is 2. The molecule has 0 radical (unpaired) electrons. The van der Waals surface area contributed by atoms with E-state index in [-0.39, 0.29) is 30.0 Å². The van der Waals surface area contributed by atoms with Gasteiger partial charge in [0.25, 0.3) is 15.9 Å². The van der Waals surface area contributed by atoms with E-state index in [0.717, 1.165) is 16.9 Å². The van der Waals surface area contributed by atoms with Gasteiger partial charge in [0.1, 0.15) is 18.1 Å². The molecule has 0 spiro atoms. The number of carbonyl (C=O) groups excluding carboxylic acids is 1. The normalized spacial score (nSPS) is 15.6. The third-order valence-corrected chi connectivity index (χ3v) is 7.76. The lowest BCUT2D eigenvalue weighted by atomic mass is 9.86. The lowest BCUT2D eigenvalue weighted by Gasteiger charge is -2.35. The average molecular weight is 509 g/mol. The molecule has 8 heteroatoms. The molecule has 0 aliphatic carbocycles. The highest BCUT2D eigenvalue weighted by Crippen LogP contribution is 2.37. The molecule has 0 saturated heterocycles. The van der Waals surface area contributed by atoms with Crippen molar-refractivity contribution in [2.75, 3.05) is 24.0 Å². The fourth-order valence-electron chi connectivity index (χ4n) is 4.11. The fraction of sp³-hybridized carbons (Fsp3) is 0.321. The molecule has 7 nitrogen and oxygen atoms in total. The summed E-state index contributed by atoms with van der Waals surface area (Å²) in [6.07, 6.45) is -1.00. The molecule has 190 valence electrons. The summed E-state index contributed by atoms with van der Waals surface area (Å²) >= 11 is 0. The number of nitrogens with one attached hydrogen (secondary N) is 1. The molecule has 1 aliphatic rings. The lowest BCUT2D eigenvalue weighted by Crippen LogP contribution is -2.51. The van der Waals surface area contributed by atoms with E-state index in [1.54, 1.807) is 42.5 Å². The minimum atomic E-state index is -3.89. The molecule has 0 bridgehead atoms. The highest BCUT2D eigenvalue weighted by atomic mass is 32.2. The minimum Gasteiger partial charge on any atom is -0.491 e. The Bertz CT molecular complexity index is 1330. The second-order valence-electron chi connectivity index (χ2n) is 9.81. The van der Waals surface area contributed by atoms with Crippen LogP contribution in [-0.2, 0) is 20.2 Å². The summed E-state index contributed by atoms with van der Waals surface area (Å²) in [4.78, 5) is 13.2. The van der Waals surface area contributed by atoms with Crippen LogP contribution in [-0.4, -0.2) is 40.1 Å². The number of hydrogen-bond acceptors (Lipinski definition) is 5. The number of benzene rings is 3. The molecule has 1 N–H and O–H groups in total. The van der Waals surface area contributed by atoms with Gasteiger partial charge in [0, 0.05) is 0 Å². The van der Waals surface area contributed by atoms with E-state index >= 15 is 0 Å². The van der Waals surface area contributed by atoms with Gasteiger partial charge in [0.15, 0.2) is 6.10 Å². The molecule has 1 aliphatic heterocycles. The van der Waals surface area contributed by atoms with Crippen LogP contribution in [0.1, 0.15) is 31.9 Å². The van der Waals surface area contributed by atoms with Crippen LogP contribution in [0.4, 0.5) is 5.69 Å². The highest BCUT2D eigenvalue weighted by molar-refractivity contribution is 7.92. The summed E-state index contributed by atoms with van der Waals surface area (Å²) in [5.41, 5.74) is 2.32. The monoisotopic (exact) mass is 508 g/mol. The Balaban J connectivity index is 1.47. The van der Waals surface area contributed by atoms with Crippen LogP contribution >= 0.6 is 0 Å². The summed E-state index contributed by atoms with van der Waals surface area (Å²) < 4.78 is 40.1. The van der Waals surface area contributed by atoms with Crippen molar-refractivity contribution in [3.63, 3.8) is 0 Å². The number of para-hydroxylation sites is 1. The van der Waals surface area contributed by atoms with Crippen molar-refractivity contribution in [2.45, 2.75) is 44.1 Å². The van der Waals surface area contributed by atoms with Crippen LogP contribution in [0.5, 0.6) is 11.5 Å². The van der Waals surface area contributed by atoms with Crippen LogP contribution in [0, 0.1) is 6.92 Å². The Kier molecular flexibility index (Phi) is 7.26. The molecule has 0 fully saturated rings. The summed E-state index contributed by atoms with van der Waals surface area (Å²) in [5, 5.41) is 2.83. The van der Waals surface area contributed by atoms with Crippen LogP contribution < -0.4 is 19.1 Å².